The standard InChI is InChI=1S/C26H37N3O7/c1-16(2)28-13-8-11-26-21(23(32)29(12-6-7-14-30)22(26)24(28)33)20-18(36-26)9-4-5-10-19(31)27-15-17(3)35-25(20)34/h4,8-9,11,16-18,20-22,30H,5-7,10,12-15H2,1-3H3,(H,27,31)/b9-4-/t17-,18-,20+,21+,22-,26+/m1/s1. The van der Waals surface area contributed by atoms with Crippen LogP contribution in [0.15, 0.2) is 24.3 Å². The lowest BCUT2D eigenvalue weighted by molar-refractivity contribution is -0.158. The minimum absolute atomic E-state index is 0.0139. The predicted octanol–water partition coefficient (Wildman–Crippen LogP) is 0.544. The van der Waals surface area contributed by atoms with Gasteiger partial charge >= 0.3 is 5.97 Å². The number of aliphatic hydroxyl groups is 1. The second kappa shape index (κ2) is 10.7. The average Bonchev–Trinajstić information content (AvgIpc) is 3.20. The molecule has 4 rings (SSSR count). The van der Waals surface area contributed by atoms with E-state index in [2.05, 4.69) is 5.32 Å². The van der Waals surface area contributed by atoms with E-state index in [1.54, 1.807) is 35.0 Å². The van der Waals surface area contributed by atoms with Crippen LogP contribution in [-0.4, -0.2) is 94.7 Å². The molecule has 0 saturated carbocycles. The number of esters is 1. The highest BCUT2D eigenvalue weighted by atomic mass is 16.6. The molecule has 0 aromatic rings. The van der Waals surface area contributed by atoms with E-state index in [9.17, 15) is 24.3 Å². The molecule has 0 bridgehead atoms. The van der Waals surface area contributed by atoms with Gasteiger partial charge in [0.15, 0.2) is 0 Å². The summed E-state index contributed by atoms with van der Waals surface area (Å²) in [5, 5.41) is 12.0. The van der Waals surface area contributed by atoms with Gasteiger partial charge in [0.25, 0.3) is 0 Å². The van der Waals surface area contributed by atoms with Gasteiger partial charge in [-0.05, 0) is 40.0 Å². The Hall–Kier alpha value is -2.72. The topological polar surface area (TPSA) is 125 Å². The molecule has 36 heavy (non-hydrogen) atoms. The zero-order valence-electron chi connectivity index (χ0n) is 21.2. The number of unbranched alkanes of at least 4 members (excludes halogenated alkanes) is 1. The maximum Gasteiger partial charge on any atom is 0.313 e. The maximum absolute atomic E-state index is 14.0. The maximum atomic E-state index is 14.0. The minimum Gasteiger partial charge on any atom is -0.460 e. The van der Waals surface area contributed by atoms with E-state index >= 15 is 0 Å². The number of likely N-dealkylation sites (tertiary alicyclic amines) is 1. The number of hydrogen-bond acceptors (Lipinski definition) is 7. The van der Waals surface area contributed by atoms with Crippen LogP contribution in [0.3, 0.4) is 0 Å². The third kappa shape index (κ3) is 4.68. The zero-order chi connectivity index (χ0) is 26.0. The molecule has 4 aliphatic heterocycles. The van der Waals surface area contributed by atoms with E-state index < -0.39 is 41.7 Å². The highest BCUT2D eigenvalue weighted by Gasteiger charge is 2.71. The number of ether oxygens (including phenoxy) is 2. The Kier molecular flexibility index (Phi) is 7.85. The second-order valence-electron chi connectivity index (χ2n) is 10.3. The van der Waals surface area contributed by atoms with Crippen LogP contribution in [0.25, 0.3) is 0 Å². The van der Waals surface area contributed by atoms with Gasteiger partial charge in [-0.15, -0.1) is 0 Å². The van der Waals surface area contributed by atoms with Crippen molar-refractivity contribution in [1.29, 1.82) is 0 Å². The van der Waals surface area contributed by atoms with Crippen LogP contribution in [-0.2, 0) is 28.7 Å². The molecule has 6 atom stereocenters. The van der Waals surface area contributed by atoms with Crippen molar-refractivity contribution in [3.8, 4) is 0 Å². The Morgan fingerprint density at radius 1 is 1.17 bits per heavy atom. The summed E-state index contributed by atoms with van der Waals surface area (Å²) >= 11 is 0. The molecule has 3 amide bonds. The van der Waals surface area contributed by atoms with Gasteiger partial charge in [0, 0.05) is 32.2 Å². The smallest absolute Gasteiger partial charge is 0.313 e. The van der Waals surface area contributed by atoms with Crippen LogP contribution in [0.4, 0.5) is 0 Å². The Balaban J connectivity index is 1.77. The number of amides is 3. The molecule has 4 aliphatic rings. The molecule has 0 aromatic heterocycles. The highest BCUT2D eigenvalue weighted by molar-refractivity contribution is 5.99. The van der Waals surface area contributed by atoms with E-state index in [4.69, 9.17) is 9.47 Å². The first-order valence-corrected chi connectivity index (χ1v) is 12.9. The Morgan fingerprint density at radius 2 is 1.94 bits per heavy atom. The van der Waals surface area contributed by atoms with E-state index in [1.165, 1.54) is 0 Å². The monoisotopic (exact) mass is 503 g/mol. The molecule has 2 fully saturated rings. The van der Waals surface area contributed by atoms with E-state index in [0.717, 1.165) is 0 Å². The van der Waals surface area contributed by atoms with Crippen molar-refractivity contribution in [3.05, 3.63) is 24.3 Å². The van der Waals surface area contributed by atoms with E-state index in [-0.39, 0.29) is 49.9 Å². The van der Waals surface area contributed by atoms with Gasteiger partial charge in [0.1, 0.15) is 23.7 Å². The zero-order valence-corrected chi connectivity index (χ0v) is 21.2. The molecule has 0 radical (unpaired) electrons. The lowest BCUT2D eigenvalue weighted by Crippen LogP contribution is -2.56. The number of carbonyl (C=O) groups is 4. The van der Waals surface area contributed by atoms with Gasteiger partial charge < -0.3 is 29.7 Å². The summed E-state index contributed by atoms with van der Waals surface area (Å²) in [6.07, 6.45) is 7.56. The number of cyclic esters (lactones) is 1. The second-order valence-corrected chi connectivity index (χ2v) is 10.3. The number of allylic oxidation sites excluding steroid dienone is 1. The number of aliphatic hydroxyl groups excluding tert-OH is 1. The van der Waals surface area contributed by atoms with Crippen molar-refractivity contribution >= 4 is 23.7 Å². The van der Waals surface area contributed by atoms with Crippen LogP contribution >= 0.6 is 0 Å². The number of nitrogens with one attached hydrogen (secondary N) is 1. The first kappa shape index (κ1) is 26.3. The molecule has 10 nitrogen and oxygen atoms in total. The quantitative estimate of drug-likeness (QED) is 0.319. The lowest BCUT2D eigenvalue weighted by atomic mass is 9.78. The molecule has 0 aromatic carbocycles. The van der Waals surface area contributed by atoms with Gasteiger partial charge in [-0.3, -0.25) is 19.2 Å². The summed E-state index contributed by atoms with van der Waals surface area (Å²) < 4.78 is 12.2. The summed E-state index contributed by atoms with van der Waals surface area (Å²) in [5.74, 6) is -3.10. The molecule has 198 valence electrons. The van der Waals surface area contributed by atoms with Crippen molar-refractivity contribution in [2.75, 3.05) is 26.2 Å². The van der Waals surface area contributed by atoms with E-state index in [1.807, 2.05) is 19.9 Å². The Bertz CT molecular complexity index is 948. The highest BCUT2D eigenvalue weighted by Crippen LogP contribution is 2.53. The summed E-state index contributed by atoms with van der Waals surface area (Å²) in [6, 6.07) is -1.00. The summed E-state index contributed by atoms with van der Waals surface area (Å²) in [4.78, 5) is 56.6. The van der Waals surface area contributed by atoms with Crippen LogP contribution in [0.2, 0.25) is 0 Å². The molecule has 2 saturated heterocycles. The van der Waals surface area contributed by atoms with Crippen LogP contribution in [0.5, 0.6) is 0 Å². The summed E-state index contributed by atoms with van der Waals surface area (Å²) in [5.41, 5.74) is -1.31. The third-order valence-corrected chi connectivity index (χ3v) is 7.50. The van der Waals surface area contributed by atoms with Gasteiger partial charge in [-0.2, -0.15) is 0 Å². The Labute approximate surface area is 211 Å². The average molecular weight is 504 g/mol. The van der Waals surface area contributed by atoms with Gasteiger partial charge in [0.2, 0.25) is 17.7 Å². The van der Waals surface area contributed by atoms with Crippen LogP contribution < -0.4 is 5.32 Å². The number of carbonyl (C=O) groups excluding carboxylic acids is 4. The predicted molar refractivity (Wildman–Crippen MR) is 129 cm³/mol. The van der Waals surface area contributed by atoms with Gasteiger partial charge in [-0.1, -0.05) is 24.3 Å². The minimum atomic E-state index is -1.31. The summed E-state index contributed by atoms with van der Waals surface area (Å²) in [6.45, 7) is 6.36. The number of hydrogen-bond donors (Lipinski definition) is 2. The SMILES string of the molecule is CC(C)N1CC=C[C@]23O[C@@H]4/C=C\CCC(=O)NC[C@@H](C)OC(=O)[C@@H]4[C@H]2C(=O)N(CCCCO)[C@@H]3C1=O. The molecular weight excluding hydrogens is 466 g/mol. The summed E-state index contributed by atoms with van der Waals surface area (Å²) in [7, 11) is 0. The molecule has 1 spiro atoms. The normalized spacial score (nSPS) is 35.9. The number of nitrogens with zero attached hydrogens (tertiary/aromatic N) is 2. The molecular formula is C26H37N3O7. The number of fused-ring (bicyclic) bond motifs is 2. The van der Waals surface area contributed by atoms with Crippen molar-refractivity contribution in [3.63, 3.8) is 0 Å². The van der Waals surface area contributed by atoms with Gasteiger partial charge in [0.05, 0.1) is 18.6 Å². The fourth-order valence-corrected chi connectivity index (χ4v) is 5.78. The third-order valence-electron chi connectivity index (χ3n) is 7.50. The first-order chi connectivity index (χ1) is 17.2. The fourth-order valence-electron chi connectivity index (χ4n) is 5.78. The molecule has 0 aliphatic carbocycles. The first-order valence-electron chi connectivity index (χ1n) is 12.9. The van der Waals surface area contributed by atoms with Crippen LogP contribution in [0.1, 0.15) is 46.5 Å². The molecule has 0 unspecified atom stereocenters. The molecule has 10 heteroatoms. The lowest BCUT2D eigenvalue weighted by Gasteiger charge is -2.36. The van der Waals surface area contributed by atoms with Gasteiger partial charge in [-0.25, -0.2) is 0 Å². The van der Waals surface area contributed by atoms with Crippen LogP contribution in [0, 0.1) is 11.8 Å². The molecule has 4 heterocycles. The van der Waals surface area contributed by atoms with Crippen molar-refractivity contribution in [2.24, 2.45) is 11.8 Å². The van der Waals surface area contributed by atoms with Crippen molar-refractivity contribution < 1.29 is 33.8 Å². The largest absolute Gasteiger partial charge is 0.460 e. The fraction of sp³-hybridized carbons (Fsp3) is 0.692. The van der Waals surface area contributed by atoms with Crippen molar-refractivity contribution in [2.45, 2.75) is 76.3 Å². The number of rotatable bonds is 5. The van der Waals surface area contributed by atoms with E-state index in [0.29, 0.717) is 25.8 Å². The Morgan fingerprint density at radius 3 is 2.67 bits per heavy atom. The molecule has 2 N–H and O–H groups in total. The van der Waals surface area contributed by atoms with Crippen molar-refractivity contribution in [1.82, 2.24) is 15.1 Å².